The summed E-state index contributed by atoms with van der Waals surface area (Å²) in [5, 5.41) is 9.20. The molecule has 0 fully saturated rings. The zero-order valence-corrected chi connectivity index (χ0v) is 19.4. The molecule has 0 saturated heterocycles. The summed E-state index contributed by atoms with van der Waals surface area (Å²) in [4.78, 5) is 0. The summed E-state index contributed by atoms with van der Waals surface area (Å²) in [6, 6.07) is 0. The first-order valence-corrected chi connectivity index (χ1v) is 13.7. The molecule has 170 valence electrons. The van der Waals surface area contributed by atoms with E-state index in [0.717, 1.165) is 19.3 Å². The predicted molar refractivity (Wildman–Crippen MR) is 120 cm³/mol. The summed E-state index contributed by atoms with van der Waals surface area (Å²) in [5.41, 5.74) is 0. The van der Waals surface area contributed by atoms with Gasteiger partial charge >= 0.3 is 0 Å². The maximum absolute atomic E-state index is 10.6. The Kier molecular flexibility index (Phi) is 20.1. The van der Waals surface area contributed by atoms with Crippen molar-refractivity contribution in [2.24, 2.45) is 0 Å². The van der Waals surface area contributed by atoms with Gasteiger partial charge in [0.25, 0.3) is 10.1 Å². The van der Waals surface area contributed by atoms with E-state index in [9.17, 15) is 13.5 Å². The molecule has 0 aromatic rings. The Morgan fingerprint density at radius 3 is 1.04 bits per heavy atom. The molecule has 0 bridgehead atoms. The number of aliphatic hydroxyl groups is 1. The minimum atomic E-state index is -3.76. The highest BCUT2D eigenvalue weighted by Crippen LogP contribution is 2.15. The van der Waals surface area contributed by atoms with E-state index in [-0.39, 0.29) is 11.9 Å². The number of rotatable bonds is 22. The topological polar surface area (TPSA) is 74.6 Å². The molecule has 0 radical (unpaired) electrons. The van der Waals surface area contributed by atoms with E-state index < -0.39 is 10.1 Å². The molecule has 0 amide bonds. The van der Waals surface area contributed by atoms with Gasteiger partial charge in [-0.1, -0.05) is 116 Å². The smallest absolute Gasteiger partial charge is 0.264 e. The van der Waals surface area contributed by atoms with Crippen molar-refractivity contribution in [1.29, 1.82) is 0 Å². The molecule has 0 saturated carbocycles. The zero-order valence-electron chi connectivity index (χ0n) is 18.5. The van der Waals surface area contributed by atoms with E-state index in [0.29, 0.717) is 6.42 Å². The molecule has 28 heavy (non-hydrogen) atoms. The van der Waals surface area contributed by atoms with Crippen molar-refractivity contribution in [2.75, 3.05) is 5.75 Å². The van der Waals surface area contributed by atoms with Gasteiger partial charge in [0.1, 0.15) is 0 Å². The van der Waals surface area contributed by atoms with E-state index in [1.54, 1.807) is 0 Å². The normalized spacial score (nSPS) is 13.1. The highest BCUT2D eigenvalue weighted by atomic mass is 32.2. The number of unbranched alkanes of at least 4 members (excludes halogenated alkanes) is 18. The predicted octanol–water partition coefficient (Wildman–Crippen LogP) is 7.06. The van der Waals surface area contributed by atoms with Gasteiger partial charge in [-0.3, -0.25) is 4.55 Å². The third-order valence-electron chi connectivity index (χ3n) is 5.52. The van der Waals surface area contributed by atoms with E-state index in [2.05, 4.69) is 0 Å². The van der Waals surface area contributed by atoms with Crippen molar-refractivity contribution < 1.29 is 18.1 Å². The van der Waals surface area contributed by atoms with Gasteiger partial charge in [-0.25, -0.2) is 0 Å². The van der Waals surface area contributed by atoms with Crippen LogP contribution in [0.5, 0.6) is 0 Å². The van der Waals surface area contributed by atoms with E-state index >= 15 is 0 Å². The molecule has 0 spiro atoms. The first-order valence-electron chi connectivity index (χ1n) is 12.0. The zero-order chi connectivity index (χ0) is 20.9. The molecule has 0 rings (SSSR count). The van der Waals surface area contributed by atoms with Crippen molar-refractivity contribution in [1.82, 2.24) is 0 Å². The standard InChI is InChI=1S/C23H48O4S/c1-23(24)21-19-17-15-13-11-9-7-5-3-2-4-6-8-10-12-14-16-18-20-22-28(25,26)27/h23-24H,2-22H2,1H3,(H,25,26,27). The second-order valence-electron chi connectivity index (χ2n) is 8.64. The van der Waals surface area contributed by atoms with Crippen LogP contribution in [-0.2, 0) is 10.1 Å². The number of hydrogen-bond donors (Lipinski definition) is 2. The van der Waals surface area contributed by atoms with Gasteiger partial charge in [-0.15, -0.1) is 0 Å². The minimum absolute atomic E-state index is 0.0855. The fourth-order valence-corrected chi connectivity index (χ4v) is 4.30. The summed E-state index contributed by atoms with van der Waals surface area (Å²) >= 11 is 0. The van der Waals surface area contributed by atoms with Crippen molar-refractivity contribution in [3.63, 3.8) is 0 Å². The Hall–Kier alpha value is -0.130. The minimum Gasteiger partial charge on any atom is -0.393 e. The lowest BCUT2D eigenvalue weighted by Crippen LogP contribution is -2.03. The molecule has 1 unspecified atom stereocenters. The van der Waals surface area contributed by atoms with Gasteiger partial charge < -0.3 is 5.11 Å². The molecule has 4 nitrogen and oxygen atoms in total. The monoisotopic (exact) mass is 420 g/mol. The first kappa shape index (κ1) is 27.9. The van der Waals surface area contributed by atoms with E-state index in [4.69, 9.17) is 4.55 Å². The van der Waals surface area contributed by atoms with Gasteiger partial charge in [0.05, 0.1) is 11.9 Å². The van der Waals surface area contributed by atoms with Crippen molar-refractivity contribution in [3.8, 4) is 0 Å². The quantitative estimate of drug-likeness (QED) is 0.145. The molecule has 2 N–H and O–H groups in total. The average Bonchev–Trinajstić information content (AvgIpc) is 2.61. The van der Waals surface area contributed by atoms with E-state index in [1.165, 1.54) is 103 Å². The summed E-state index contributed by atoms with van der Waals surface area (Å²) < 4.78 is 29.8. The second-order valence-corrected chi connectivity index (χ2v) is 10.2. The molecule has 1 atom stereocenters. The average molecular weight is 421 g/mol. The summed E-state index contributed by atoms with van der Waals surface area (Å²) in [6.45, 7) is 1.88. The fraction of sp³-hybridized carbons (Fsp3) is 1.00. The summed E-state index contributed by atoms with van der Waals surface area (Å²) in [6.07, 6.45) is 24.7. The third kappa shape index (κ3) is 25.9. The fourth-order valence-electron chi connectivity index (χ4n) is 3.73. The molecule has 0 aromatic heterocycles. The van der Waals surface area contributed by atoms with E-state index in [1.807, 2.05) is 6.92 Å². The SMILES string of the molecule is CC(O)CCCCCCCCCCCCCCCCCCCCCS(=O)(=O)O. The van der Waals surface area contributed by atoms with Crippen LogP contribution < -0.4 is 0 Å². The Balaban J connectivity index is 3.05. The van der Waals surface area contributed by atoms with Crippen LogP contribution in [0.4, 0.5) is 0 Å². The van der Waals surface area contributed by atoms with Crippen molar-refractivity contribution in [2.45, 2.75) is 141 Å². The Labute approximate surface area is 175 Å². The number of aliphatic hydroxyl groups excluding tert-OH is 1. The lowest BCUT2D eigenvalue weighted by Gasteiger charge is -2.05. The third-order valence-corrected chi connectivity index (χ3v) is 6.33. The lowest BCUT2D eigenvalue weighted by atomic mass is 10.0. The van der Waals surface area contributed by atoms with Crippen LogP contribution in [-0.4, -0.2) is 29.9 Å². The highest BCUT2D eigenvalue weighted by Gasteiger charge is 2.02. The molecule has 0 heterocycles. The van der Waals surface area contributed by atoms with Crippen LogP contribution in [0, 0.1) is 0 Å². The highest BCUT2D eigenvalue weighted by molar-refractivity contribution is 7.85. The number of hydrogen-bond acceptors (Lipinski definition) is 3. The maximum Gasteiger partial charge on any atom is 0.264 e. The Morgan fingerprint density at radius 1 is 0.536 bits per heavy atom. The Morgan fingerprint density at radius 2 is 0.786 bits per heavy atom. The molecule has 0 aromatic carbocycles. The lowest BCUT2D eigenvalue weighted by molar-refractivity contribution is 0.180. The van der Waals surface area contributed by atoms with Gasteiger partial charge in [0, 0.05) is 0 Å². The van der Waals surface area contributed by atoms with Crippen LogP contribution in [0.3, 0.4) is 0 Å². The van der Waals surface area contributed by atoms with Crippen LogP contribution >= 0.6 is 0 Å². The Bertz CT molecular complexity index is 407. The van der Waals surface area contributed by atoms with Gasteiger partial charge in [0.15, 0.2) is 0 Å². The van der Waals surface area contributed by atoms with Crippen molar-refractivity contribution in [3.05, 3.63) is 0 Å². The molecule has 0 aliphatic rings. The van der Waals surface area contributed by atoms with Gasteiger partial charge in [-0.05, 0) is 19.8 Å². The van der Waals surface area contributed by atoms with Crippen LogP contribution in [0.1, 0.15) is 135 Å². The van der Waals surface area contributed by atoms with Crippen LogP contribution in [0.25, 0.3) is 0 Å². The summed E-state index contributed by atoms with van der Waals surface area (Å²) in [7, 11) is -3.76. The van der Waals surface area contributed by atoms with Gasteiger partial charge in [-0.2, -0.15) is 8.42 Å². The maximum atomic E-state index is 10.6. The second kappa shape index (κ2) is 20.2. The molecule has 0 aliphatic carbocycles. The largest absolute Gasteiger partial charge is 0.393 e. The summed E-state index contributed by atoms with van der Waals surface area (Å²) in [5.74, 6) is -0.0855. The first-order chi connectivity index (χ1) is 13.4. The molecular formula is C23H48O4S. The van der Waals surface area contributed by atoms with Gasteiger partial charge in [0.2, 0.25) is 0 Å². The molecule has 5 heteroatoms. The molecule has 0 aliphatic heterocycles. The molecular weight excluding hydrogens is 372 g/mol. The van der Waals surface area contributed by atoms with Crippen LogP contribution in [0.15, 0.2) is 0 Å². The van der Waals surface area contributed by atoms with Crippen LogP contribution in [0.2, 0.25) is 0 Å². The van der Waals surface area contributed by atoms with Crippen molar-refractivity contribution >= 4 is 10.1 Å².